The number of carbonyl (C=O) groups excluding carboxylic acids is 1. The van der Waals surface area contributed by atoms with Crippen LogP contribution >= 0.6 is 11.8 Å². The van der Waals surface area contributed by atoms with Crippen LogP contribution in [0, 0.1) is 19.3 Å². The molecule has 1 aromatic carbocycles. The molecule has 4 nitrogen and oxygen atoms in total. The number of ketones is 1. The molecule has 0 fully saturated rings. The minimum absolute atomic E-state index is 0.211. The van der Waals surface area contributed by atoms with Crippen LogP contribution in [0.5, 0.6) is 0 Å². The first-order chi connectivity index (χ1) is 9.79. The van der Waals surface area contributed by atoms with Crippen molar-refractivity contribution in [1.29, 1.82) is 0 Å². The fourth-order valence-electron chi connectivity index (χ4n) is 1.91. The molecule has 0 saturated heterocycles. The Hall–Kier alpha value is -1.62. The third kappa shape index (κ3) is 3.73. The van der Waals surface area contributed by atoms with Gasteiger partial charge in [-0.3, -0.25) is 9.36 Å². The minimum Gasteiger partial charge on any atom is -0.298 e. The summed E-state index contributed by atoms with van der Waals surface area (Å²) in [5.41, 5.74) is 3.12. The fourth-order valence-corrected chi connectivity index (χ4v) is 2.99. The van der Waals surface area contributed by atoms with Crippen molar-refractivity contribution in [2.45, 2.75) is 39.8 Å². The first-order valence-electron chi connectivity index (χ1n) is 6.93. The second kappa shape index (κ2) is 6.02. The zero-order valence-corrected chi connectivity index (χ0v) is 14.0. The van der Waals surface area contributed by atoms with E-state index in [2.05, 4.69) is 42.2 Å². The number of aryl methyl sites for hydroxylation is 2. The molecule has 5 heteroatoms. The van der Waals surface area contributed by atoms with Gasteiger partial charge in [-0.15, -0.1) is 10.2 Å². The van der Waals surface area contributed by atoms with Crippen molar-refractivity contribution in [2.75, 3.05) is 5.75 Å². The van der Waals surface area contributed by atoms with Crippen LogP contribution < -0.4 is 0 Å². The Morgan fingerprint density at radius 3 is 2.62 bits per heavy atom. The summed E-state index contributed by atoms with van der Waals surface area (Å²) in [5, 5.41) is 8.87. The highest BCUT2D eigenvalue weighted by molar-refractivity contribution is 7.99. The van der Waals surface area contributed by atoms with Gasteiger partial charge in [0.15, 0.2) is 5.16 Å². The molecule has 0 atom stereocenters. The van der Waals surface area contributed by atoms with Crippen molar-refractivity contribution < 1.29 is 4.79 Å². The van der Waals surface area contributed by atoms with Gasteiger partial charge >= 0.3 is 0 Å². The molecule has 0 aliphatic carbocycles. The maximum absolute atomic E-state index is 12.0. The van der Waals surface area contributed by atoms with E-state index in [0.717, 1.165) is 10.8 Å². The third-order valence-electron chi connectivity index (χ3n) is 3.30. The maximum atomic E-state index is 12.0. The van der Waals surface area contributed by atoms with Gasteiger partial charge in [0.2, 0.25) is 0 Å². The molecule has 0 saturated carbocycles. The van der Waals surface area contributed by atoms with Gasteiger partial charge in [-0.05, 0) is 25.5 Å². The number of aromatic nitrogens is 3. The van der Waals surface area contributed by atoms with Crippen molar-refractivity contribution in [3.63, 3.8) is 0 Å². The molecule has 1 aromatic heterocycles. The Morgan fingerprint density at radius 1 is 1.29 bits per heavy atom. The minimum atomic E-state index is -0.322. The maximum Gasteiger partial charge on any atom is 0.196 e. The lowest BCUT2D eigenvalue weighted by molar-refractivity contribution is -0.123. The Bertz CT molecular complexity index is 656. The zero-order valence-electron chi connectivity index (χ0n) is 13.2. The van der Waals surface area contributed by atoms with Crippen molar-refractivity contribution >= 4 is 17.5 Å². The first-order valence-corrected chi connectivity index (χ1v) is 7.91. The van der Waals surface area contributed by atoms with E-state index in [4.69, 9.17) is 0 Å². The lowest BCUT2D eigenvalue weighted by atomic mass is 9.92. The van der Waals surface area contributed by atoms with E-state index in [1.54, 1.807) is 6.33 Å². The van der Waals surface area contributed by atoms with E-state index in [9.17, 15) is 4.79 Å². The highest BCUT2D eigenvalue weighted by Crippen LogP contribution is 2.25. The molecule has 1 heterocycles. The van der Waals surface area contributed by atoms with Crippen LogP contribution in [0.3, 0.4) is 0 Å². The van der Waals surface area contributed by atoms with Gasteiger partial charge in [0.1, 0.15) is 12.1 Å². The summed E-state index contributed by atoms with van der Waals surface area (Å²) >= 11 is 1.44. The Labute approximate surface area is 130 Å². The molecule has 0 unspecified atom stereocenters. The van der Waals surface area contributed by atoms with Crippen LogP contribution in [-0.2, 0) is 4.79 Å². The molecule has 21 heavy (non-hydrogen) atoms. The van der Waals surface area contributed by atoms with E-state index in [1.807, 2.05) is 25.3 Å². The molecular formula is C16H21N3OS. The molecule has 112 valence electrons. The van der Waals surface area contributed by atoms with Gasteiger partial charge in [-0.25, -0.2) is 0 Å². The van der Waals surface area contributed by atoms with Gasteiger partial charge in [0.25, 0.3) is 0 Å². The molecule has 0 aliphatic heterocycles. The standard InChI is InChI=1S/C16H21N3OS/c1-11-6-7-13(12(2)8-11)19-10-17-18-15(19)21-9-14(20)16(3,4)5/h6-8,10H,9H2,1-5H3. The fraction of sp³-hybridized carbons (Fsp3) is 0.438. The average molecular weight is 303 g/mol. The second-order valence-corrected chi connectivity index (χ2v) is 7.18. The number of carbonyl (C=O) groups is 1. The molecule has 0 N–H and O–H groups in total. The number of nitrogens with zero attached hydrogens (tertiary/aromatic N) is 3. The van der Waals surface area contributed by atoms with Crippen LogP contribution in [-0.4, -0.2) is 26.3 Å². The van der Waals surface area contributed by atoms with Crippen LogP contribution in [0.1, 0.15) is 31.9 Å². The number of Topliss-reactive ketones (excluding diaryl/α,β-unsaturated/α-hetero) is 1. The number of hydrogen-bond donors (Lipinski definition) is 0. The number of hydrogen-bond acceptors (Lipinski definition) is 4. The van der Waals surface area contributed by atoms with Gasteiger partial charge in [-0.2, -0.15) is 0 Å². The largest absolute Gasteiger partial charge is 0.298 e. The quantitative estimate of drug-likeness (QED) is 0.810. The third-order valence-corrected chi connectivity index (χ3v) is 4.24. The van der Waals surface area contributed by atoms with E-state index in [1.165, 1.54) is 22.9 Å². The topological polar surface area (TPSA) is 47.8 Å². The van der Waals surface area contributed by atoms with Crippen LogP contribution in [0.2, 0.25) is 0 Å². The summed E-state index contributed by atoms with van der Waals surface area (Å²) in [6.07, 6.45) is 1.70. The number of rotatable bonds is 4. The summed E-state index contributed by atoms with van der Waals surface area (Å²) in [4.78, 5) is 12.0. The summed E-state index contributed by atoms with van der Waals surface area (Å²) in [5.74, 6) is 0.621. The average Bonchev–Trinajstić information content (AvgIpc) is 2.83. The predicted octanol–water partition coefficient (Wildman–Crippen LogP) is 3.59. The van der Waals surface area contributed by atoms with Gasteiger partial charge in [0.05, 0.1) is 11.4 Å². The summed E-state index contributed by atoms with van der Waals surface area (Å²) in [6.45, 7) is 9.94. The summed E-state index contributed by atoms with van der Waals surface area (Å²) < 4.78 is 1.94. The van der Waals surface area contributed by atoms with E-state index in [-0.39, 0.29) is 11.2 Å². The normalized spacial score (nSPS) is 11.7. The number of benzene rings is 1. The highest BCUT2D eigenvalue weighted by Gasteiger charge is 2.22. The molecule has 2 rings (SSSR count). The van der Waals surface area contributed by atoms with E-state index >= 15 is 0 Å². The molecule has 0 aliphatic rings. The lowest BCUT2D eigenvalue weighted by Gasteiger charge is -2.16. The monoisotopic (exact) mass is 303 g/mol. The van der Waals surface area contributed by atoms with Crippen molar-refractivity contribution in [3.8, 4) is 5.69 Å². The van der Waals surface area contributed by atoms with E-state index < -0.39 is 0 Å². The van der Waals surface area contributed by atoms with Crippen molar-refractivity contribution in [2.24, 2.45) is 5.41 Å². The molecule has 0 radical (unpaired) electrons. The van der Waals surface area contributed by atoms with Gasteiger partial charge in [0, 0.05) is 5.41 Å². The molecule has 2 aromatic rings. The van der Waals surface area contributed by atoms with Crippen LogP contribution in [0.4, 0.5) is 0 Å². The second-order valence-electron chi connectivity index (χ2n) is 6.24. The Balaban J connectivity index is 2.21. The molecule has 0 amide bonds. The number of thioether (sulfide) groups is 1. The zero-order chi connectivity index (χ0) is 15.6. The lowest BCUT2D eigenvalue weighted by Crippen LogP contribution is -2.22. The summed E-state index contributed by atoms with van der Waals surface area (Å²) in [6, 6.07) is 6.25. The Morgan fingerprint density at radius 2 is 2.00 bits per heavy atom. The SMILES string of the molecule is Cc1ccc(-n2cnnc2SCC(=O)C(C)(C)C)c(C)c1. The smallest absolute Gasteiger partial charge is 0.196 e. The van der Waals surface area contributed by atoms with Gasteiger partial charge < -0.3 is 0 Å². The predicted molar refractivity (Wildman–Crippen MR) is 86.0 cm³/mol. The van der Waals surface area contributed by atoms with Crippen molar-refractivity contribution in [1.82, 2.24) is 14.8 Å². The summed E-state index contributed by atoms with van der Waals surface area (Å²) in [7, 11) is 0. The molecular weight excluding hydrogens is 282 g/mol. The Kier molecular flexibility index (Phi) is 4.52. The molecule has 0 spiro atoms. The van der Waals surface area contributed by atoms with E-state index in [0.29, 0.717) is 5.75 Å². The highest BCUT2D eigenvalue weighted by atomic mass is 32.2. The van der Waals surface area contributed by atoms with Gasteiger partial charge in [-0.1, -0.05) is 50.2 Å². The van der Waals surface area contributed by atoms with Crippen LogP contribution in [0.25, 0.3) is 5.69 Å². The van der Waals surface area contributed by atoms with Crippen molar-refractivity contribution in [3.05, 3.63) is 35.7 Å². The molecule has 0 bridgehead atoms. The van der Waals surface area contributed by atoms with Crippen LogP contribution in [0.15, 0.2) is 29.7 Å². The first kappa shape index (κ1) is 15.8.